The molecule has 0 atom stereocenters. The van der Waals surface area contributed by atoms with E-state index < -0.39 is 5.91 Å². The Hall–Kier alpha value is -2.91. The molecule has 0 bridgehead atoms. The molecule has 0 unspecified atom stereocenters. The van der Waals surface area contributed by atoms with E-state index in [1.165, 1.54) is 25.6 Å². The molecule has 3 aromatic carbocycles. The topological polar surface area (TPSA) is 72.5 Å². The number of carbonyl (C=O) groups excluding carboxylic acids is 1. The number of nitrogens with one attached hydrogen (secondary N) is 2. The van der Waals surface area contributed by atoms with Gasteiger partial charge in [0.15, 0.2) is 5.11 Å². The van der Waals surface area contributed by atoms with Crippen molar-refractivity contribution in [3.8, 4) is 22.1 Å². The van der Waals surface area contributed by atoms with Crippen molar-refractivity contribution in [1.82, 2.24) is 10.3 Å². The van der Waals surface area contributed by atoms with Crippen LogP contribution in [0.15, 0.2) is 54.6 Å². The molecule has 10 heteroatoms. The summed E-state index contributed by atoms with van der Waals surface area (Å²) in [5, 5.41) is 7.25. The van der Waals surface area contributed by atoms with E-state index in [0.717, 1.165) is 10.2 Å². The number of halogens is 2. The van der Waals surface area contributed by atoms with Crippen LogP contribution < -0.4 is 20.1 Å². The zero-order chi connectivity index (χ0) is 23.5. The molecule has 0 saturated carbocycles. The van der Waals surface area contributed by atoms with Crippen LogP contribution in [0.5, 0.6) is 11.5 Å². The average Bonchev–Trinajstić information content (AvgIpc) is 3.24. The van der Waals surface area contributed by atoms with E-state index in [-0.39, 0.29) is 5.11 Å². The molecule has 1 aromatic heterocycles. The lowest BCUT2D eigenvalue weighted by molar-refractivity contribution is 0.0974. The molecular formula is C23H17Cl2N3O3S2. The van der Waals surface area contributed by atoms with E-state index in [0.29, 0.717) is 43.4 Å². The molecular weight excluding hydrogens is 501 g/mol. The normalized spacial score (nSPS) is 10.7. The molecule has 6 nitrogen and oxygen atoms in total. The van der Waals surface area contributed by atoms with Crippen LogP contribution >= 0.6 is 46.8 Å². The Morgan fingerprint density at radius 2 is 1.85 bits per heavy atom. The van der Waals surface area contributed by atoms with Crippen LogP contribution in [-0.4, -0.2) is 30.2 Å². The van der Waals surface area contributed by atoms with E-state index in [4.69, 9.17) is 44.9 Å². The Bertz CT molecular complexity index is 1340. The zero-order valence-electron chi connectivity index (χ0n) is 17.4. The minimum Gasteiger partial charge on any atom is -0.497 e. The minimum atomic E-state index is -0.446. The van der Waals surface area contributed by atoms with E-state index in [9.17, 15) is 4.79 Å². The predicted octanol–water partition coefficient (Wildman–Crippen LogP) is 6.41. The number of rotatable bonds is 5. The summed E-state index contributed by atoms with van der Waals surface area (Å²) in [6.07, 6.45) is 0. The number of anilines is 1. The van der Waals surface area contributed by atoms with Crippen LogP contribution in [0.1, 0.15) is 10.4 Å². The van der Waals surface area contributed by atoms with Gasteiger partial charge in [0.25, 0.3) is 5.91 Å². The largest absolute Gasteiger partial charge is 0.497 e. The summed E-state index contributed by atoms with van der Waals surface area (Å²) in [6, 6.07) is 16.0. The van der Waals surface area contributed by atoms with Crippen LogP contribution in [0.3, 0.4) is 0 Å². The van der Waals surface area contributed by atoms with Crippen LogP contribution in [0.2, 0.25) is 10.0 Å². The summed E-state index contributed by atoms with van der Waals surface area (Å²) in [7, 11) is 3.01. The molecule has 0 aliphatic heterocycles. The Morgan fingerprint density at radius 1 is 1.06 bits per heavy atom. The molecule has 33 heavy (non-hydrogen) atoms. The summed E-state index contributed by atoms with van der Waals surface area (Å²) >= 11 is 19.6. The van der Waals surface area contributed by atoms with Crippen molar-refractivity contribution >= 4 is 73.7 Å². The number of nitrogens with zero attached hydrogens (tertiary/aromatic N) is 1. The Labute approximate surface area is 209 Å². The maximum atomic E-state index is 12.8. The van der Waals surface area contributed by atoms with Crippen LogP contribution in [-0.2, 0) is 0 Å². The van der Waals surface area contributed by atoms with Crippen molar-refractivity contribution in [1.29, 1.82) is 0 Å². The second-order valence-corrected chi connectivity index (χ2v) is 9.05. The number of hydrogen-bond acceptors (Lipinski definition) is 6. The molecule has 0 fully saturated rings. The number of carbonyl (C=O) groups is 1. The fourth-order valence-corrected chi connectivity index (χ4v) is 4.88. The van der Waals surface area contributed by atoms with Gasteiger partial charge in [-0.2, -0.15) is 0 Å². The fraction of sp³-hybridized carbons (Fsp3) is 0.0870. The van der Waals surface area contributed by atoms with Gasteiger partial charge in [0, 0.05) is 16.7 Å². The van der Waals surface area contributed by atoms with Crippen molar-refractivity contribution < 1.29 is 14.3 Å². The number of benzene rings is 3. The summed E-state index contributed by atoms with van der Waals surface area (Å²) < 4.78 is 11.5. The second-order valence-electron chi connectivity index (χ2n) is 6.77. The van der Waals surface area contributed by atoms with E-state index >= 15 is 0 Å². The van der Waals surface area contributed by atoms with Gasteiger partial charge in [-0.05, 0) is 48.6 Å². The maximum Gasteiger partial charge on any atom is 0.261 e. The summed E-state index contributed by atoms with van der Waals surface area (Å²) in [6.45, 7) is 0. The van der Waals surface area contributed by atoms with Crippen LogP contribution in [0.4, 0.5) is 5.69 Å². The summed E-state index contributed by atoms with van der Waals surface area (Å²) in [4.78, 5) is 17.5. The number of hydrogen-bond donors (Lipinski definition) is 2. The number of thiazole rings is 1. The van der Waals surface area contributed by atoms with Crippen molar-refractivity contribution in [2.75, 3.05) is 19.5 Å². The number of aromatic nitrogens is 1. The van der Waals surface area contributed by atoms with Gasteiger partial charge in [-0.15, -0.1) is 11.3 Å². The Kier molecular flexibility index (Phi) is 6.99. The molecule has 2 N–H and O–H groups in total. The molecule has 0 saturated heterocycles. The van der Waals surface area contributed by atoms with Gasteiger partial charge in [-0.3, -0.25) is 10.1 Å². The quantitative estimate of drug-likeness (QED) is 0.298. The number of thiocarbonyl (C=S) groups is 1. The standard InChI is InChI=1S/C23H17Cl2N3O3S2/c1-30-13-7-8-14(18(11-13)31-2)21(29)28-23(32)27-20-15(9-12(24)10-16(20)25)22-26-17-5-3-4-6-19(17)33-22/h3-11H,1-2H3,(H2,27,28,29,32). The smallest absolute Gasteiger partial charge is 0.261 e. The predicted molar refractivity (Wildman–Crippen MR) is 138 cm³/mol. The number of fused-ring (bicyclic) bond motifs is 1. The van der Waals surface area contributed by atoms with E-state index in [1.54, 1.807) is 30.3 Å². The molecule has 0 spiro atoms. The maximum absolute atomic E-state index is 12.8. The molecule has 0 aliphatic carbocycles. The van der Waals surface area contributed by atoms with Crippen molar-refractivity contribution in [2.45, 2.75) is 0 Å². The first kappa shape index (κ1) is 23.3. The lowest BCUT2D eigenvalue weighted by Crippen LogP contribution is -2.34. The molecule has 168 valence electrons. The zero-order valence-corrected chi connectivity index (χ0v) is 20.6. The first-order valence-electron chi connectivity index (χ1n) is 9.59. The average molecular weight is 518 g/mol. The van der Waals surface area contributed by atoms with Crippen molar-refractivity contribution in [2.24, 2.45) is 0 Å². The Balaban J connectivity index is 1.61. The van der Waals surface area contributed by atoms with Crippen molar-refractivity contribution in [3.63, 3.8) is 0 Å². The third-order valence-electron chi connectivity index (χ3n) is 4.70. The highest BCUT2D eigenvalue weighted by atomic mass is 35.5. The van der Waals surface area contributed by atoms with Crippen molar-refractivity contribution in [3.05, 3.63) is 70.2 Å². The van der Waals surface area contributed by atoms with Gasteiger partial charge in [-0.25, -0.2) is 4.98 Å². The molecule has 0 radical (unpaired) electrons. The van der Waals surface area contributed by atoms with Gasteiger partial charge in [-0.1, -0.05) is 35.3 Å². The van der Waals surface area contributed by atoms with Gasteiger partial charge >= 0.3 is 0 Å². The lowest BCUT2D eigenvalue weighted by atomic mass is 10.1. The summed E-state index contributed by atoms with van der Waals surface area (Å²) in [5.74, 6) is 0.477. The SMILES string of the molecule is COc1ccc(C(=O)NC(=S)Nc2c(Cl)cc(Cl)cc2-c2nc3ccccc3s2)c(OC)c1. The molecule has 0 aliphatic rings. The summed E-state index contributed by atoms with van der Waals surface area (Å²) in [5.41, 5.74) is 2.33. The fourth-order valence-electron chi connectivity index (χ4n) is 3.16. The van der Waals surface area contributed by atoms with Crippen LogP contribution in [0.25, 0.3) is 20.8 Å². The number of amides is 1. The van der Waals surface area contributed by atoms with Gasteiger partial charge in [0.2, 0.25) is 0 Å². The highest BCUT2D eigenvalue weighted by Gasteiger charge is 2.19. The third-order valence-corrected chi connectivity index (χ3v) is 6.49. The first-order chi connectivity index (χ1) is 15.9. The Morgan fingerprint density at radius 3 is 2.58 bits per heavy atom. The second kappa shape index (κ2) is 9.93. The number of methoxy groups -OCH3 is 2. The number of para-hydroxylation sites is 1. The lowest BCUT2D eigenvalue weighted by Gasteiger charge is -2.15. The monoisotopic (exact) mass is 517 g/mol. The van der Waals surface area contributed by atoms with Gasteiger partial charge in [0.05, 0.1) is 40.7 Å². The van der Waals surface area contributed by atoms with Gasteiger partial charge in [0.1, 0.15) is 16.5 Å². The molecule has 1 heterocycles. The van der Waals surface area contributed by atoms with E-state index in [1.807, 2.05) is 24.3 Å². The van der Waals surface area contributed by atoms with Crippen LogP contribution in [0, 0.1) is 0 Å². The minimum absolute atomic E-state index is 0.0597. The third kappa shape index (κ3) is 5.04. The highest BCUT2D eigenvalue weighted by molar-refractivity contribution is 7.80. The first-order valence-corrected chi connectivity index (χ1v) is 11.6. The molecule has 4 aromatic rings. The number of ether oxygens (including phenoxy) is 2. The molecule has 1 amide bonds. The van der Waals surface area contributed by atoms with Gasteiger partial charge < -0.3 is 14.8 Å². The molecule has 4 rings (SSSR count). The highest BCUT2D eigenvalue weighted by Crippen LogP contribution is 2.40. The van der Waals surface area contributed by atoms with E-state index in [2.05, 4.69) is 15.6 Å².